The first-order chi connectivity index (χ1) is 14.4. The summed E-state index contributed by atoms with van der Waals surface area (Å²) in [4.78, 5) is 12.5. The maximum atomic E-state index is 12.7. The summed E-state index contributed by atoms with van der Waals surface area (Å²) in [7, 11) is -3.60. The highest BCUT2D eigenvalue weighted by Gasteiger charge is 2.26. The molecule has 1 aromatic carbocycles. The smallest absolute Gasteiger partial charge is 0.348 e. The molecular formula is C19H21N3O6S2. The van der Waals surface area contributed by atoms with E-state index < -0.39 is 16.0 Å². The Kier molecular flexibility index (Phi) is 6.94. The zero-order chi connectivity index (χ0) is 21.7. The van der Waals surface area contributed by atoms with E-state index in [4.69, 9.17) is 19.9 Å². The van der Waals surface area contributed by atoms with Crippen LogP contribution in [-0.2, 0) is 26.1 Å². The van der Waals surface area contributed by atoms with Gasteiger partial charge in [-0.15, -0.1) is 11.3 Å². The molecule has 3 rings (SSSR count). The summed E-state index contributed by atoms with van der Waals surface area (Å²) >= 11 is 0.976. The fraction of sp³-hybridized carbons (Fsp3) is 0.368. The number of nitrogen functional groups attached to an aromatic ring is 1. The van der Waals surface area contributed by atoms with Gasteiger partial charge in [0, 0.05) is 18.7 Å². The zero-order valence-electron chi connectivity index (χ0n) is 16.3. The predicted octanol–water partition coefficient (Wildman–Crippen LogP) is 1.98. The standard InChI is InChI=1S/C19H21N3O6S2/c1-2-27-19(23)17-16(15(11-20)18(21)29-17)12-28-13-3-5-14(6-4-13)30(24,25)22-7-9-26-10-8-22/h3-6H,2,7-10,12,21H2,1H3. The molecule has 2 N–H and O–H groups in total. The molecule has 1 aromatic heterocycles. The minimum Gasteiger partial charge on any atom is -0.489 e. The number of hydrogen-bond donors (Lipinski definition) is 1. The first-order valence-corrected chi connectivity index (χ1v) is 11.4. The van der Waals surface area contributed by atoms with Crippen molar-refractivity contribution in [2.45, 2.75) is 18.4 Å². The van der Waals surface area contributed by atoms with Crippen LogP contribution < -0.4 is 10.5 Å². The summed E-state index contributed by atoms with van der Waals surface area (Å²) in [5.41, 5.74) is 6.37. The molecule has 2 aromatic rings. The molecule has 0 amide bonds. The monoisotopic (exact) mass is 451 g/mol. The average molecular weight is 452 g/mol. The van der Waals surface area contributed by atoms with Crippen molar-refractivity contribution >= 4 is 32.3 Å². The van der Waals surface area contributed by atoms with Gasteiger partial charge in [-0.25, -0.2) is 13.2 Å². The van der Waals surface area contributed by atoms with Gasteiger partial charge in [0.15, 0.2) is 0 Å². The molecule has 0 radical (unpaired) electrons. The van der Waals surface area contributed by atoms with Crippen LogP contribution in [0.25, 0.3) is 0 Å². The second kappa shape index (κ2) is 9.44. The summed E-state index contributed by atoms with van der Waals surface area (Å²) in [5.74, 6) is -0.180. The molecule has 1 saturated heterocycles. The van der Waals surface area contributed by atoms with Gasteiger partial charge in [-0.3, -0.25) is 0 Å². The van der Waals surface area contributed by atoms with Crippen molar-refractivity contribution in [3.63, 3.8) is 0 Å². The van der Waals surface area contributed by atoms with E-state index in [9.17, 15) is 18.5 Å². The SMILES string of the molecule is CCOC(=O)c1sc(N)c(C#N)c1COc1ccc(S(=O)(=O)N2CCOCC2)cc1. The van der Waals surface area contributed by atoms with Crippen LogP contribution in [0.15, 0.2) is 29.2 Å². The van der Waals surface area contributed by atoms with Gasteiger partial charge in [-0.1, -0.05) is 0 Å². The van der Waals surface area contributed by atoms with E-state index in [0.717, 1.165) is 11.3 Å². The van der Waals surface area contributed by atoms with E-state index in [-0.39, 0.29) is 33.6 Å². The van der Waals surface area contributed by atoms with Gasteiger partial charge in [-0.05, 0) is 31.2 Å². The number of carbonyl (C=O) groups excluding carboxylic acids is 1. The van der Waals surface area contributed by atoms with Crippen LogP contribution in [0.5, 0.6) is 5.75 Å². The Labute approximate surface area is 178 Å². The van der Waals surface area contributed by atoms with Crippen molar-refractivity contribution < 1.29 is 27.4 Å². The number of nitrogens with two attached hydrogens (primary N) is 1. The lowest BCUT2D eigenvalue weighted by Gasteiger charge is -2.26. The molecule has 11 heteroatoms. The number of carbonyl (C=O) groups is 1. The Morgan fingerprint density at radius 3 is 2.57 bits per heavy atom. The molecular weight excluding hydrogens is 430 g/mol. The van der Waals surface area contributed by atoms with Gasteiger partial charge in [0.05, 0.1) is 30.3 Å². The molecule has 1 aliphatic rings. The number of sulfonamides is 1. The lowest BCUT2D eigenvalue weighted by molar-refractivity contribution is 0.0529. The number of rotatable bonds is 7. The molecule has 0 unspecified atom stereocenters. The number of esters is 1. The Morgan fingerprint density at radius 1 is 1.30 bits per heavy atom. The normalized spacial score (nSPS) is 14.8. The number of ether oxygens (including phenoxy) is 3. The number of nitrogens with zero attached hydrogens (tertiary/aromatic N) is 2. The third-order valence-corrected chi connectivity index (χ3v) is 7.38. The molecule has 0 bridgehead atoms. The van der Waals surface area contributed by atoms with Crippen molar-refractivity contribution in [3.8, 4) is 11.8 Å². The lowest BCUT2D eigenvalue weighted by atomic mass is 10.1. The van der Waals surface area contributed by atoms with Crippen molar-refractivity contribution in [1.82, 2.24) is 4.31 Å². The summed E-state index contributed by atoms with van der Waals surface area (Å²) in [5, 5.41) is 9.57. The number of morpholine rings is 1. The van der Waals surface area contributed by atoms with Crippen LogP contribution in [0.3, 0.4) is 0 Å². The first-order valence-electron chi connectivity index (χ1n) is 9.17. The minimum absolute atomic E-state index is 0.0830. The topological polar surface area (TPSA) is 132 Å². The Bertz CT molecular complexity index is 1050. The van der Waals surface area contributed by atoms with Crippen molar-refractivity contribution in [2.75, 3.05) is 38.6 Å². The number of hydrogen-bond acceptors (Lipinski definition) is 9. The van der Waals surface area contributed by atoms with Gasteiger partial charge in [0.2, 0.25) is 10.0 Å². The van der Waals surface area contributed by atoms with Crippen LogP contribution in [0.1, 0.15) is 27.7 Å². The predicted molar refractivity (Wildman–Crippen MR) is 110 cm³/mol. The largest absolute Gasteiger partial charge is 0.489 e. The summed E-state index contributed by atoms with van der Waals surface area (Å²) in [6, 6.07) is 7.96. The van der Waals surface area contributed by atoms with Crippen molar-refractivity contribution in [2.24, 2.45) is 0 Å². The Hall–Kier alpha value is -2.65. The van der Waals surface area contributed by atoms with Crippen molar-refractivity contribution in [1.29, 1.82) is 5.26 Å². The fourth-order valence-electron chi connectivity index (χ4n) is 2.91. The number of anilines is 1. The molecule has 0 aliphatic carbocycles. The third-order valence-electron chi connectivity index (χ3n) is 4.42. The van der Waals surface area contributed by atoms with Crippen LogP contribution in [0.2, 0.25) is 0 Å². The number of benzene rings is 1. The van der Waals surface area contributed by atoms with Gasteiger partial charge in [0.25, 0.3) is 0 Å². The van der Waals surface area contributed by atoms with E-state index in [1.807, 2.05) is 6.07 Å². The molecule has 30 heavy (non-hydrogen) atoms. The van der Waals surface area contributed by atoms with E-state index in [1.54, 1.807) is 6.92 Å². The highest BCUT2D eigenvalue weighted by molar-refractivity contribution is 7.89. The van der Waals surface area contributed by atoms with Gasteiger partial charge in [0.1, 0.15) is 28.3 Å². The zero-order valence-corrected chi connectivity index (χ0v) is 17.9. The highest BCUT2D eigenvalue weighted by atomic mass is 32.2. The molecule has 1 fully saturated rings. The highest BCUT2D eigenvalue weighted by Crippen LogP contribution is 2.32. The second-order valence-electron chi connectivity index (χ2n) is 6.26. The van der Waals surface area contributed by atoms with Gasteiger partial charge >= 0.3 is 5.97 Å². The van der Waals surface area contributed by atoms with Gasteiger partial charge < -0.3 is 19.9 Å². The molecule has 0 atom stereocenters. The quantitative estimate of drug-likeness (QED) is 0.632. The average Bonchev–Trinajstić information content (AvgIpc) is 3.08. The molecule has 1 aliphatic heterocycles. The van der Waals surface area contributed by atoms with E-state index >= 15 is 0 Å². The molecule has 2 heterocycles. The number of thiophene rings is 1. The molecule has 9 nitrogen and oxygen atoms in total. The maximum absolute atomic E-state index is 12.7. The fourth-order valence-corrected chi connectivity index (χ4v) is 5.23. The van der Waals surface area contributed by atoms with E-state index in [0.29, 0.717) is 37.6 Å². The van der Waals surface area contributed by atoms with Crippen LogP contribution in [0.4, 0.5) is 5.00 Å². The molecule has 0 saturated carbocycles. The number of nitriles is 1. The van der Waals surface area contributed by atoms with E-state index in [1.165, 1.54) is 28.6 Å². The molecule has 0 spiro atoms. The lowest BCUT2D eigenvalue weighted by Crippen LogP contribution is -2.40. The minimum atomic E-state index is -3.60. The van der Waals surface area contributed by atoms with E-state index in [2.05, 4.69) is 0 Å². The summed E-state index contributed by atoms with van der Waals surface area (Å²) in [6.07, 6.45) is 0. The van der Waals surface area contributed by atoms with Crippen LogP contribution in [0, 0.1) is 11.3 Å². The first kappa shape index (κ1) is 22.0. The second-order valence-corrected chi connectivity index (χ2v) is 9.25. The third kappa shape index (κ3) is 4.57. The van der Waals surface area contributed by atoms with Gasteiger partial charge in [-0.2, -0.15) is 9.57 Å². The van der Waals surface area contributed by atoms with Crippen LogP contribution >= 0.6 is 11.3 Å². The molecule has 160 valence electrons. The van der Waals surface area contributed by atoms with Crippen LogP contribution in [-0.4, -0.2) is 51.6 Å². The Morgan fingerprint density at radius 2 is 1.97 bits per heavy atom. The summed E-state index contributed by atoms with van der Waals surface area (Å²) < 4.78 is 42.6. The maximum Gasteiger partial charge on any atom is 0.348 e. The Balaban J connectivity index is 1.76. The van der Waals surface area contributed by atoms with Crippen molar-refractivity contribution in [3.05, 3.63) is 40.3 Å². The summed E-state index contributed by atoms with van der Waals surface area (Å²) in [6.45, 7) is 3.16.